The lowest BCUT2D eigenvalue weighted by molar-refractivity contribution is -0.162. The van der Waals surface area contributed by atoms with Crippen molar-refractivity contribution in [3.8, 4) is 0 Å². The zero-order chi connectivity index (χ0) is 25.2. The van der Waals surface area contributed by atoms with E-state index in [4.69, 9.17) is 10.5 Å². The molecule has 0 amide bonds. The Labute approximate surface area is 194 Å². The molecule has 0 spiro atoms. The predicted molar refractivity (Wildman–Crippen MR) is 124 cm³/mol. The van der Waals surface area contributed by atoms with E-state index in [0.29, 0.717) is 0 Å². The highest BCUT2D eigenvalue weighted by atomic mass is 32.2. The van der Waals surface area contributed by atoms with E-state index < -0.39 is 44.7 Å². The number of aromatic carboxylic acids is 1. The predicted octanol–water partition coefficient (Wildman–Crippen LogP) is 1.73. The van der Waals surface area contributed by atoms with E-state index in [2.05, 4.69) is 9.97 Å². The van der Waals surface area contributed by atoms with Crippen LogP contribution < -0.4 is 11.3 Å². The molecule has 0 radical (unpaired) electrons. The first kappa shape index (κ1) is 23.9. The SMILES string of the molecule is CC(C)(C)OC(=O)C1CCN(S(=O)(=O)c2ccc3[nH]c(=O)c4[nH]cc(C(=O)O)c4c3c2)C1(C)N. The van der Waals surface area contributed by atoms with Crippen LogP contribution in [0.2, 0.25) is 0 Å². The second-order valence-corrected chi connectivity index (χ2v) is 11.5. The zero-order valence-electron chi connectivity index (χ0n) is 19.1. The van der Waals surface area contributed by atoms with E-state index >= 15 is 0 Å². The maximum absolute atomic E-state index is 13.6. The third-order valence-electron chi connectivity index (χ3n) is 5.99. The Balaban J connectivity index is 1.81. The van der Waals surface area contributed by atoms with Gasteiger partial charge in [0.2, 0.25) is 10.0 Å². The van der Waals surface area contributed by atoms with Gasteiger partial charge in [-0.05, 0) is 52.3 Å². The zero-order valence-corrected chi connectivity index (χ0v) is 19.9. The minimum absolute atomic E-state index is 0.00282. The molecule has 3 aromatic rings. The van der Waals surface area contributed by atoms with Gasteiger partial charge in [0.15, 0.2) is 0 Å². The summed E-state index contributed by atoms with van der Waals surface area (Å²) in [5.74, 6) is -2.71. The Hall–Kier alpha value is -3.22. The summed E-state index contributed by atoms with van der Waals surface area (Å²) in [7, 11) is -4.19. The molecule has 1 aliphatic heterocycles. The van der Waals surface area contributed by atoms with Crippen LogP contribution in [0.15, 0.2) is 34.1 Å². The summed E-state index contributed by atoms with van der Waals surface area (Å²) < 4.78 is 33.7. The number of rotatable bonds is 4. The van der Waals surface area contributed by atoms with E-state index in [9.17, 15) is 27.9 Å². The van der Waals surface area contributed by atoms with Gasteiger partial charge in [-0.2, -0.15) is 4.31 Å². The van der Waals surface area contributed by atoms with Crippen LogP contribution in [0.4, 0.5) is 0 Å². The van der Waals surface area contributed by atoms with Gasteiger partial charge in [0, 0.05) is 29.0 Å². The number of nitrogens with zero attached hydrogens (tertiary/aromatic N) is 1. The highest BCUT2D eigenvalue weighted by Crippen LogP contribution is 2.38. The van der Waals surface area contributed by atoms with Crippen molar-refractivity contribution in [2.45, 2.75) is 50.3 Å². The molecule has 1 aromatic carbocycles. The fraction of sp³-hybridized carbons (Fsp3) is 0.409. The number of carbonyl (C=O) groups excluding carboxylic acids is 1. The van der Waals surface area contributed by atoms with Gasteiger partial charge in [0.1, 0.15) is 11.1 Å². The number of hydrogen-bond acceptors (Lipinski definition) is 7. The first-order valence-corrected chi connectivity index (χ1v) is 12.0. The standard InChI is InChI=1S/C22H26N4O7S/c1-21(2,3)33-20(30)14-7-8-26(22(14,4)23)34(31,32)11-5-6-15-12(9-11)16-13(19(28)29)10-24-17(16)18(27)25-15/h5-6,9-10,14,24H,7-8,23H2,1-4H3,(H,25,27)(H,28,29). The Morgan fingerprint density at radius 1 is 1.29 bits per heavy atom. The van der Waals surface area contributed by atoms with Crippen LogP contribution in [-0.4, -0.2) is 57.5 Å². The van der Waals surface area contributed by atoms with Gasteiger partial charge in [-0.3, -0.25) is 9.59 Å². The molecule has 2 atom stereocenters. The smallest absolute Gasteiger partial charge is 0.337 e. The molecule has 0 bridgehead atoms. The van der Waals surface area contributed by atoms with Crippen molar-refractivity contribution in [1.82, 2.24) is 14.3 Å². The van der Waals surface area contributed by atoms with Crippen molar-refractivity contribution >= 4 is 43.8 Å². The van der Waals surface area contributed by atoms with E-state index in [1.54, 1.807) is 20.8 Å². The molecule has 11 nitrogen and oxygen atoms in total. The number of H-pyrrole nitrogens is 2. The molecular weight excluding hydrogens is 464 g/mol. The maximum Gasteiger partial charge on any atom is 0.337 e. The molecule has 2 aromatic heterocycles. The number of hydrogen-bond donors (Lipinski definition) is 4. The number of aromatic amines is 2. The van der Waals surface area contributed by atoms with E-state index in [-0.39, 0.29) is 45.2 Å². The number of esters is 1. The van der Waals surface area contributed by atoms with Gasteiger partial charge < -0.3 is 25.5 Å². The summed E-state index contributed by atoms with van der Waals surface area (Å²) in [5.41, 5.74) is 3.72. The summed E-state index contributed by atoms with van der Waals surface area (Å²) in [5, 5.41) is 9.88. The summed E-state index contributed by atoms with van der Waals surface area (Å²) >= 11 is 0. The molecule has 0 aliphatic carbocycles. The molecule has 1 fully saturated rings. The lowest BCUT2D eigenvalue weighted by atomic mass is 9.96. The molecule has 34 heavy (non-hydrogen) atoms. The van der Waals surface area contributed by atoms with Crippen molar-refractivity contribution in [3.63, 3.8) is 0 Å². The average Bonchev–Trinajstić information content (AvgIpc) is 3.28. The number of carbonyl (C=O) groups is 2. The molecule has 4 rings (SSSR count). The number of fused-ring (bicyclic) bond motifs is 3. The summed E-state index contributed by atoms with van der Waals surface area (Å²) in [4.78, 5) is 41.8. The molecule has 3 heterocycles. The molecule has 182 valence electrons. The Morgan fingerprint density at radius 2 is 1.97 bits per heavy atom. The molecule has 2 unspecified atom stereocenters. The highest BCUT2D eigenvalue weighted by molar-refractivity contribution is 7.89. The summed E-state index contributed by atoms with van der Waals surface area (Å²) in [6.45, 7) is 6.62. The molecule has 1 aliphatic rings. The van der Waals surface area contributed by atoms with Gasteiger partial charge in [0.25, 0.3) is 5.56 Å². The Kier molecular flexibility index (Phi) is 5.38. The monoisotopic (exact) mass is 490 g/mol. The molecule has 0 saturated carbocycles. The third kappa shape index (κ3) is 3.77. The van der Waals surface area contributed by atoms with Gasteiger partial charge in [0.05, 0.1) is 22.0 Å². The van der Waals surface area contributed by atoms with Crippen LogP contribution in [0.3, 0.4) is 0 Å². The number of sulfonamides is 1. The average molecular weight is 491 g/mol. The van der Waals surface area contributed by atoms with E-state index in [1.165, 1.54) is 31.3 Å². The maximum atomic E-state index is 13.6. The molecular formula is C22H26N4O7S. The highest BCUT2D eigenvalue weighted by Gasteiger charge is 2.52. The number of nitrogens with one attached hydrogen (secondary N) is 2. The minimum Gasteiger partial charge on any atom is -0.478 e. The van der Waals surface area contributed by atoms with Crippen molar-refractivity contribution in [3.05, 3.63) is 40.3 Å². The lowest BCUT2D eigenvalue weighted by Crippen LogP contribution is -2.57. The summed E-state index contributed by atoms with van der Waals surface area (Å²) in [6, 6.07) is 4.01. The topological polar surface area (TPSA) is 176 Å². The van der Waals surface area contributed by atoms with Crippen LogP contribution in [0.5, 0.6) is 0 Å². The third-order valence-corrected chi connectivity index (χ3v) is 8.00. The molecule has 12 heteroatoms. The van der Waals surface area contributed by atoms with E-state index in [1.807, 2.05) is 0 Å². The first-order chi connectivity index (χ1) is 15.6. The van der Waals surface area contributed by atoms with Gasteiger partial charge in [-0.15, -0.1) is 0 Å². The van der Waals surface area contributed by atoms with E-state index in [0.717, 1.165) is 4.31 Å². The van der Waals surface area contributed by atoms with Crippen LogP contribution in [0.1, 0.15) is 44.5 Å². The van der Waals surface area contributed by atoms with Crippen molar-refractivity contribution < 1.29 is 27.9 Å². The van der Waals surface area contributed by atoms with Crippen molar-refractivity contribution in [2.24, 2.45) is 11.7 Å². The molecule has 1 saturated heterocycles. The quantitative estimate of drug-likeness (QED) is 0.400. The van der Waals surface area contributed by atoms with Gasteiger partial charge >= 0.3 is 11.9 Å². The molecule has 5 N–H and O–H groups in total. The number of nitrogens with two attached hydrogens (primary N) is 1. The minimum atomic E-state index is -4.19. The lowest BCUT2D eigenvalue weighted by Gasteiger charge is -2.34. The number of ether oxygens (including phenoxy) is 1. The van der Waals surface area contributed by atoms with Crippen molar-refractivity contribution in [1.29, 1.82) is 0 Å². The van der Waals surface area contributed by atoms with Crippen LogP contribution in [0, 0.1) is 5.92 Å². The number of carboxylic acids is 1. The van der Waals surface area contributed by atoms with Crippen LogP contribution in [-0.2, 0) is 19.6 Å². The fourth-order valence-electron chi connectivity index (χ4n) is 4.42. The number of carboxylic acid groups (broad SMARTS) is 1. The second kappa shape index (κ2) is 7.65. The Morgan fingerprint density at radius 3 is 2.59 bits per heavy atom. The Bertz CT molecular complexity index is 1500. The normalized spacial score (nSPS) is 21.9. The first-order valence-electron chi connectivity index (χ1n) is 10.6. The number of benzene rings is 1. The van der Waals surface area contributed by atoms with Crippen molar-refractivity contribution in [2.75, 3.05) is 6.54 Å². The number of pyridine rings is 1. The largest absolute Gasteiger partial charge is 0.478 e. The number of aromatic nitrogens is 2. The summed E-state index contributed by atoms with van der Waals surface area (Å²) in [6.07, 6.45) is 1.37. The second-order valence-electron chi connectivity index (χ2n) is 9.60. The van der Waals surface area contributed by atoms with Crippen LogP contribution in [0.25, 0.3) is 21.8 Å². The van der Waals surface area contributed by atoms with Crippen LogP contribution >= 0.6 is 0 Å². The van der Waals surface area contributed by atoms with Gasteiger partial charge in [-0.25, -0.2) is 13.2 Å². The van der Waals surface area contributed by atoms with Gasteiger partial charge in [-0.1, -0.05) is 0 Å². The fourth-order valence-corrected chi connectivity index (χ4v) is 6.18.